The predicted molar refractivity (Wildman–Crippen MR) is 59.8 cm³/mol. The van der Waals surface area contributed by atoms with Crippen LogP contribution in [0.4, 0.5) is 0 Å². The van der Waals surface area contributed by atoms with Crippen LogP contribution in [0.25, 0.3) is 0 Å². The summed E-state index contributed by atoms with van der Waals surface area (Å²) in [5, 5.41) is -0.0149. The van der Waals surface area contributed by atoms with E-state index in [9.17, 15) is 13.2 Å². The lowest BCUT2D eigenvalue weighted by Gasteiger charge is -2.04. The van der Waals surface area contributed by atoms with Gasteiger partial charge in [-0.3, -0.25) is 4.79 Å². The van der Waals surface area contributed by atoms with E-state index in [1.54, 1.807) is 13.8 Å². The molecule has 17 heavy (non-hydrogen) atoms. The number of imidazole rings is 1. The van der Waals surface area contributed by atoms with Gasteiger partial charge >= 0.3 is 5.97 Å². The number of carbonyl (C=O) groups excluding carboxylic acids is 1. The molecule has 0 radical (unpaired) electrons. The maximum absolute atomic E-state index is 11.7. The van der Waals surface area contributed by atoms with E-state index in [0.717, 1.165) is 0 Å². The first kappa shape index (κ1) is 13.7. The van der Waals surface area contributed by atoms with Crippen molar-refractivity contribution in [1.29, 1.82) is 0 Å². The van der Waals surface area contributed by atoms with Crippen LogP contribution in [-0.2, 0) is 19.6 Å². The van der Waals surface area contributed by atoms with E-state index in [2.05, 4.69) is 19.4 Å². The van der Waals surface area contributed by atoms with Crippen LogP contribution in [0.1, 0.15) is 19.2 Å². The zero-order chi connectivity index (χ0) is 12.9. The summed E-state index contributed by atoms with van der Waals surface area (Å²) in [5.41, 5.74) is 0. The van der Waals surface area contributed by atoms with Gasteiger partial charge in [-0.15, -0.1) is 0 Å². The van der Waals surface area contributed by atoms with Crippen molar-refractivity contribution in [2.75, 3.05) is 13.2 Å². The van der Waals surface area contributed by atoms with Gasteiger partial charge < -0.3 is 9.72 Å². The predicted octanol–water partition coefficient (Wildman–Crippen LogP) is -0.0504. The topological polar surface area (TPSA) is 101 Å². The molecule has 8 heteroatoms. The first-order chi connectivity index (χ1) is 7.95. The zero-order valence-electron chi connectivity index (χ0n) is 9.69. The van der Waals surface area contributed by atoms with Crippen LogP contribution >= 0.6 is 0 Å². The lowest BCUT2D eigenvalue weighted by atomic mass is 10.4. The van der Waals surface area contributed by atoms with Gasteiger partial charge in [-0.1, -0.05) is 0 Å². The van der Waals surface area contributed by atoms with Crippen LogP contribution < -0.4 is 4.72 Å². The van der Waals surface area contributed by atoms with Crippen LogP contribution in [0.2, 0.25) is 0 Å². The van der Waals surface area contributed by atoms with E-state index in [1.807, 2.05) is 0 Å². The summed E-state index contributed by atoms with van der Waals surface area (Å²) in [6.45, 7) is 3.62. The second-order valence-electron chi connectivity index (χ2n) is 3.29. The second-order valence-corrected chi connectivity index (χ2v) is 5.02. The molecular weight excluding hydrogens is 246 g/mol. The second kappa shape index (κ2) is 5.78. The van der Waals surface area contributed by atoms with Crippen molar-refractivity contribution in [1.82, 2.24) is 14.7 Å². The standard InChI is InChI=1S/C9H15N3O4S/c1-3-16-9(13)4-5-11-17(14,15)8-6-10-7(2)12-8/h6,11H,3-5H2,1-2H3,(H,10,12). The smallest absolute Gasteiger partial charge is 0.307 e. The number of hydrogen-bond acceptors (Lipinski definition) is 5. The van der Waals surface area contributed by atoms with Gasteiger partial charge in [0.2, 0.25) is 0 Å². The molecule has 1 aromatic heterocycles. The Bertz CT molecular complexity index is 480. The van der Waals surface area contributed by atoms with E-state index in [0.29, 0.717) is 5.82 Å². The number of nitrogens with zero attached hydrogens (tertiary/aromatic N) is 1. The summed E-state index contributed by atoms with van der Waals surface area (Å²) < 4.78 is 30.3. The average molecular weight is 261 g/mol. The number of nitrogens with one attached hydrogen (secondary N) is 2. The minimum atomic E-state index is -3.63. The summed E-state index contributed by atoms with van der Waals surface area (Å²) in [7, 11) is -3.63. The van der Waals surface area contributed by atoms with Crippen molar-refractivity contribution in [2.45, 2.75) is 25.3 Å². The van der Waals surface area contributed by atoms with Gasteiger partial charge in [-0.25, -0.2) is 18.1 Å². The quantitative estimate of drug-likeness (QED) is 0.699. The molecule has 0 fully saturated rings. The summed E-state index contributed by atoms with van der Waals surface area (Å²) in [5.74, 6) is 0.0757. The Hall–Kier alpha value is -1.41. The Balaban J connectivity index is 2.49. The number of rotatable bonds is 6. The molecule has 1 rings (SSSR count). The van der Waals surface area contributed by atoms with Gasteiger partial charge in [0.25, 0.3) is 10.0 Å². The van der Waals surface area contributed by atoms with E-state index >= 15 is 0 Å². The molecule has 0 atom stereocenters. The normalized spacial score (nSPS) is 11.4. The zero-order valence-corrected chi connectivity index (χ0v) is 10.5. The van der Waals surface area contributed by atoms with Crippen molar-refractivity contribution in [3.05, 3.63) is 12.0 Å². The molecule has 7 nitrogen and oxygen atoms in total. The molecule has 96 valence electrons. The molecule has 1 aromatic rings. The molecule has 2 N–H and O–H groups in total. The van der Waals surface area contributed by atoms with Crippen molar-refractivity contribution in [3.63, 3.8) is 0 Å². The van der Waals surface area contributed by atoms with Gasteiger partial charge in [-0.05, 0) is 13.8 Å². The van der Waals surface area contributed by atoms with Crippen LogP contribution in [0, 0.1) is 6.92 Å². The number of carbonyl (C=O) groups is 1. The number of ether oxygens (including phenoxy) is 1. The molecule has 0 saturated carbocycles. The third-order valence-electron chi connectivity index (χ3n) is 1.90. The Morgan fingerprint density at radius 2 is 2.29 bits per heavy atom. The third kappa shape index (κ3) is 4.16. The lowest BCUT2D eigenvalue weighted by molar-refractivity contribution is -0.142. The van der Waals surface area contributed by atoms with Crippen LogP contribution in [0.5, 0.6) is 0 Å². The molecule has 0 aliphatic heterocycles. The van der Waals surface area contributed by atoms with E-state index in [1.165, 1.54) is 6.20 Å². The van der Waals surface area contributed by atoms with Crippen LogP contribution in [-0.4, -0.2) is 37.5 Å². The van der Waals surface area contributed by atoms with Gasteiger partial charge in [0.05, 0.1) is 19.2 Å². The van der Waals surface area contributed by atoms with Crippen LogP contribution in [0.15, 0.2) is 11.2 Å². The van der Waals surface area contributed by atoms with Crippen molar-refractivity contribution in [3.8, 4) is 0 Å². The largest absolute Gasteiger partial charge is 0.466 e. The first-order valence-electron chi connectivity index (χ1n) is 5.12. The molecule has 1 heterocycles. The molecule has 0 aromatic carbocycles. The summed E-state index contributed by atoms with van der Waals surface area (Å²) in [6.07, 6.45) is 1.22. The summed E-state index contributed by atoms with van der Waals surface area (Å²) in [6, 6.07) is 0. The molecule has 0 saturated heterocycles. The maximum atomic E-state index is 11.7. The summed E-state index contributed by atoms with van der Waals surface area (Å²) >= 11 is 0. The lowest BCUT2D eigenvalue weighted by Crippen LogP contribution is -2.27. The molecule has 0 bridgehead atoms. The van der Waals surface area contributed by atoms with Crippen LogP contribution in [0.3, 0.4) is 0 Å². The molecule has 0 spiro atoms. The number of aryl methyl sites for hydroxylation is 1. The van der Waals surface area contributed by atoms with Crippen molar-refractivity contribution in [2.24, 2.45) is 0 Å². The van der Waals surface area contributed by atoms with Crippen molar-refractivity contribution < 1.29 is 17.9 Å². The van der Waals surface area contributed by atoms with E-state index in [-0.39, 0.29) is 24.6 Å². The number of sulfonamides is 1. The fourth-order valence-electron chi connectivity index (χ4n) is 1.13. The Labute approximate surface area is 99.6 Å². The van der Waals surface area contributed by atoms with E-state index < -0.39 is 16.0 Å². The van der Waals surface area contributed by atoms with Gasteiger partial charge in [0.1, 0.15) is 5.82 Å². The molecular formula is C9H15N3O4S. The maximum Gasteiger partial charge on any atom is 0.307 e. The third-order valence-corrected chi connectivity index (χ3v) is 3.27. The Kier molecular flexibility index (Phi) is 4.64. The van der Waals surface area contributed by atoms with Gasteiger partial charge in [0.15, 0.2) is 5.03 Å². The fraction of sp³-hybridized carbons (Fsp3) is 0.556. The van der Waals surface area contributed by atoms with Gasteiger partial charge in [-0.2, -0.15) is 0 Å². The first-order valence-corrected chi connectivity index (χ1v) is 6.61. The van der Waals surface area contributed by atoms with Gasteiger partial charge in [0, 0.05) is 6.54 Å². The summed E-state index contributed by atoms with van der Waals surface area (Å²) in [4.78, 5) is 17.4. The SMILES string of the molecule is CCOC(=O)CCNS(=O)(=O)c1cnc(C)[nH]1. The minimum absolute atomic E-state index is 0.000188. The number of esters is 1. The number of hydrogen-bond donors (Lipinski definition) is 2. The molecule has 0 unspecified atom stereocenters. The average Bonchev–Trinajstić information content (AvgIpc) is 2.65. The monoisotopic (exact) mass is 261 g/mol. The highest BCUT2D eigenvalue weighted by atomic mass is 32.2. The number of aromatic nitrogens is 2. The Morgan fingerprint density at radius 1 is 1.59 bits per heavy atom. The number of aromatic amines is 1. The Morgan fingerprint density at radius 3 is 2.82 bits per heavy atom. The minimum Gasteiger partial charge on any atom is -0.466 e. The number of H-pyrrole nitrogens is 1. The molecule has 0 amide bonds. The van der Waals surface area contributed by atoms with Crippen molar-refractivity contribution >= 4 is 16.0 Å². The highest BCUT2D eigenvalue weighted by Crippen LogP contribution is 2.04. The highest BCUT2D eigenvalue weighted by molar-refractivity contribution is 7.89. The fourth-order valence-corrected chi connectivity index (χ4v) is 2.13. The highest BCUT2D eigenvalue weighted by Gasteiger charge is 2.16. The molecule has 0 aliphatic rings. The molecule has 0 aliphatic carbocycles. The van der Waals surface area contributed by atoms with E-state index in [4.69, 9.17) is 0 Å².